The number of ether oxygens (including phenoxy) is 1. The van der Waals surface area contributed by atoms with E-state index in [-0.39, 0.29) is 17.4 Å². The molecule has 1 fully saturated rings. The number of hydrogen-bond donors (Lipinski definition) is 2. The molecule has 1 aromatic carbocycles. The Balaban J connectivity index is 2.09. The van der Waals surface area contributed by atoms with Crippen LogP contribution in [-0.4, -0.2) is 17.2 Å². The van der Waals surface area contributed by atoms with Crippen LogP contribution in [0.3, 0.4) is 0 Å². The highest BCUT2D eigenvalue weighted by atomic mass is 16.5. The standard InChI is InChI=1S/C14H19NO3/c1-9-4-2-3-5-13(9)18-14(17)11-8-10(15)6-7-12(11)16/h6-9,13,16H,2-5,15H2,1H3. The average molecular weight is 249 g/mol. The molecule has 0 aliphatic heterocycles. The molecule has 0 amide bonds. The van der Waals surface area contributed by atoms with Gasteiger partial charge in [0.1, 0.15) is 17.4 Å². The van der Waals surface area contributed by atoms with Crippen LogP contribution < -0.4 is 5.73 Å². The molecule has 1 saturated carbocycles. The van der Waals surface area contributed by atoms with Crippen LogP contribution in [0.5, 0.6) is 5.75 Å². The van der Waals surface area contributed by atoms with Crippen molar-refractivity contribution >= 4 is 11.7 Å². The van der Waals surface area contributed by atoms with Gasteiger partial charge < -0.3 is 15.6 Å². The van der Waals surface area contributed by atoms with Crippen LogP contribution in [0.15, 0.2) is 18.2 Å². The van der Waals surface area contributed by atoms with E-state index < -0.39 is 5.97 Å². The third-order valence-electron chi connectivity index (χ3n) is 3.53. The number of carbonyl (C=O) groups excluding carboxylic acids is 1. The quantitative estimate of drug-likeness (QED) is 0.480. The average Bonchev–Trinajstić information content (AvgIpc) is 2.35. The van der Waals surface area contributed by atoms with Crippen molar-refractivity contribution in [1.82, 2.24) is 0 Å². The number of hydrogen-bond acceptors (Lipinski definition) is 4. The lowest BCUT2D eigenvalue weighted by atomic mass is 9.88. The smallest absolute Gasteiger partial charge is 0.342 e. The van der Waals surface area contributed by atoms with Gasteiger partial charge in [-0.1, -0.05) is 13.3 Å². The van der Waals surface area contributed by atoms with Crippen LogP contribution in [0.1, 0.15) is 43.0 Å². The number of aromatic hydroxyl groups is 1. The second-order valence-corrected chi connectivity index (χ2v) is 4.98. The van der Waals surface area contributed by atoms with Gasteiger partial charge in [-0.2, -0.15) is 0 Å². The van der Waals surface area contributed by atoms with Gasteiger partial charge in [-0.3, -0.25) is 0 Å². The van der Waals surface area contributed by atoms with Gasteiger partial charge in [0.2, 0.25) is 0 Å². The number of esters is 1. The van der Waals surface area contributed by atoms with Crippen molar-refractivity contribution in [2.45, 2.75) is 38.7 Å². The molecule has 4 heteroatoms. The van der Waals surface area contributed by atoms with E-state index in [1.54, 1.807) is 6.07 Å². The van der Waals surface area contributed by atoms with Crippen molar-refractivity contribution < 1.29 is 14.6 Å². The fourth-order valence-electron chi connectivity index (χ4n) is 2.38. The van der Waals surface area contributed by atoms with Crippen LogP contribution in [0.2, 0.25) is 0 Å². The topological polar surface area (TPSA) is 72.5 Å². The lowest BCUT2D eigenvalue weighted by Gasteiger charge is -2.28. The van der Waals surface area contributed by atoms with E-state index in [0.29, 0.717) is 11.6 Å². The van der Waals surface area contributed by atoms with Gasteiger partial charge in [0, 0.05) is 5.69 Å². The van der Waals surface area contributed by atoms with E-state index >= 15 is 0 Å². The predicted octanol–water partition coefficient (Wildman–Crippen LogP) is 2.71. The first-order valence-corrected chi connectivity index (χ1v) is 6.37. The number of rotatable bonds is 2. The molecule has 4 nitrogen and oxygen atoms in total. The summed E-state index contributed by atoms with van der Waals surface area (Å²) in [5, 5.41) is 9.64. The molecule has 3 N–H and O–H groups in total. The molecule has 1 aliphatic carbocycles. The molecule has 0 radical (unpaired) electrons. The van der Waals surface area contributed by atoms with Crippen molar-refractivity contribution in [2.24, 2.45) is 5.92 Å². The van der Waals surface area contributed by atoms with Crippen molar-refractivity contribution in [3.05, 3.63) is 23.8 Å². The number of benzene rings is 1. The maximum absolute atomic E-state index is 12.0. The van der Waals surface area contributed by atoms with Gasteiger partial charge in [-0.25, -0.2) is 4.79 Å². The lowest BCUT2D eigenvalue weighted by molar-refractivity contribution is 0.00456. The van der Waals surface area contributed by atoms with Gasteiger partial charge in [0.05, 0.1) is 0 Å². The number of nitrogens with two attached hydrogens (primary N) is 1. The first-order valence-electron chi connectivity index (χ1n) is 6.37. The number of carbonyl (C=O) groups is 1. The molecule has 98 valence electrons. The third-order valence-corrected chi connectivity index (χ3v) is 3.53. The van der Waals surface area contributed by atoms with Gasteiger partial charge in [0.25, 0.3) is 0 Å². The molecule has 0 heterocycles. The summed E-state index contributed by atoms with van der Waals surface area (Å²) in [7, 11) is 0. The van der Waals surface area contributed by atoms with Crippen LogP contribution >= 0.6 is 0 Å². The van der Waals surface area contributed by atoms with E-state index in [1.807, 2.05) is 0 Å². The number of phenolic OH excluding ortho intramolecular Hbond substituents is 1. The fraction of sp³-hybridized carbons (Fsp3) is 0.500. The molecule has 0 bridgehead atoms. The summed E-state index contributed by atoms with van der Waals surface area (Å²) in [6.45, 7) is 2.09. The minimum atomic E-state index is -0.487. The molecule has 18 heavy (non-hydrogen) atoms. The minimum Gasteiger partial charge on any atom is -0.507 e. The van der Waals surface area contributed by atoms with Crippen molar-refractivity contribution in [1.29, 1.82) is 0 Å². The lowest BCUT2D eigenvalue weighted by Crippen LogP contribution is -2.28. The van der Waals surface area contributed by atoms with E-state index in [4.69, 9.17) is 10.5 Å². The SMILES string of the molecule is CC1CCCCC1OC(=O)c1cc(N)ccc1O. The van der Waals surface area contributed by atoms with Gasteiger partial charge in [-0.05, 0) is 43.4 Å². The Hall–Kier alpha value is -1.71. The van der Waals surface area contributed by atoms with E-state index in [0.717, 1.165) is 19.3 Å². The van der Waals surface area contributed by atoms with E-state index in [2.05, 4.69) is 6.92 Å². The molecule has 1 aromatic rings. The van der Waals surface area contributed by atoms with Crippen molar-refractivity contribution in [3.8, 4) is 5.75 Å². The largest absolute Gasteiger partial charge is 0.507 e. The maximum atomic E-state index is 12.0. The maximum Gasteiger partial charge on any atom is 0.342 e. The molecule has 0 spiro atoms. The second-order valence-electron chi connectivity index (χ2n) is 4.98. The molecule has 2 rings (SSSR count). The molecule has 1 aliphatic rings. The highest BCUT2D eigenvalue weighted by Crippen LogP contribution is 2.28. The first-order chi connectivity index (χ1) is 8.58. The normalized spacial score (nSPS) is 23.6. The van der Waals surface area contributed by atoms with E-state index in [1.165, 1.54) is 18.6 Å². The summed E-state index contributed by atoms with van der Waals surface area (Å²) < 4.78 is 5.47. The highest BCUT2D eigenvalue weighted by Gasteiger charge is 2.26. The molecule has 2 unspecified atom stereocenters. The van der Waals surface area contributed by atoms with E-state index in [9.17, 15) is 9.90 Å². The summed E-state index contributed by atoms with van der Waals surface area (Å²) in [4.78, 5) is 12.0. The van der Waals surface area contributed by atoms with Crippen LogP contribution in [0.4, 0.5) is 5.69 Å². The first kappa shape index (κ1) is 12.7. The summed E-state index contributed by atoms with van der Waals surface area (Å²) in [6.07, 6.45) is 4.22. The van der Waals surface area contributed by atoms with Crippen molar-refractivity contribution in [3.63, 3.8) is 0 Å². The summed E-state index contributed by atoms with van der Waals surface area (Å²) in [5.41, 5.74) is 6.19. The Bertz CT molecular complexity index is 445. The zero-order chi connectivity index (χ0) is 13.1. The Morgan fingerprint density at radius 2 is 2.11 bits per heavy atom. The zero-order valence-corrected chi connectivity index (χ0v) is 10.6. The Kier molecular flexibility index (Phi) is 3.75. The fourth-order valence-corrected chi connectivity index (χ4v) is 2.38. The van der Waals surface area contributed by atoms with Crippen LogP contribution in [0.25, 0.3) is 0 Å². The summed E-state index contributed by atoms with van der Waals surface area (Å²) in [5.74, 6) is -0.192. The summed E-state index contributed by atoms with van der Waals surface area (Å²) in [6, 6.07) is 4.41. The Morgan fingerprint density at radius 1 is 1.39 bits per heavy atom. The monoisotopic (exact) mass is 249 g/mol. The number of nitrogen functional groups attached to an aromatic ring is 1. The molecule has 0 saturated heterocycles. The molecule has 2 atom stereocenters. The number of phenols is 1. The Morgan fingerprint density at radius 3 is 2.83 bits per heavy atom. The molecular weight excluding hydrogens is 230 g/mol. The Labute approximate surface area is 107 Å². The summed E-state index contributed by atoms with van der Waals surface area (Å²) >= 11 is 0. The highest BCUT2D eigenvalue weighted by molar-refractivity contribution is 5.93. The number of anilines is 1. The van der Waals surface area contributed by atoms with Crippen molar-refractivity contribution in [2.75, 3.05) is 5.73 Å². The third kappa shape index (κ3) is 2.75. The van der Waals surface area contributed by atoms with Crippen LogP contribution in [0, 0.1) is 5.92 Å². The van der Waals surface area contributed by atoms with Gasteiger partial charge >= 0.3 is 5.97 Å². The second kappa shape index (κ2) is 5.29. The van der Waals surface area contributed by atoms with Gasteiger partial charge in [-0.15, -0.1) is 0 Å². The predicted molar refractivity (Wildman–Crippen MR) is 69.4 cm³/mol. The molecule has 0 aromatic heterocycles. The van der Waals surface area contributed by atoms with Crippen LogP contribution in [-0.2, 0) is 4.74 Å². The van der Waals surface area contributed by atoms with Gasteiger partial charge in [0.15, 0.2) is 0 Å². The zero-order valence-electron chi connectivity index (χ0n) is 10.6. The molecular formula is C14H19NO3. The minimum absolute atomic E-state index is 0.0490.